The fourth-order valence-electron chi connectivity index (χ4n) is 2.33. The molecule has 0 N–H and O–H groups in total. The summed E-state index contributed by atoms with van der Waals surface area (Å²) in [6, 6.07) is 7.36. The first kappa shape index (κ1) is 12.7. The van der Waals surface area contributed by atoms with Crippen molar-refractivity contribution in [2.45, 2.75) is 19.4 Å². The third-order valence-corrected chi connectivity index (χ3v) is 3.35. The molecule has 0 radical (unpaired) electrons. The van der Waals surface area contributed by atoms with Crippen LogP contribution in [0.1, 0.15) is 22.5 Å². The Morgan fingerprint density at radius 2 is 2.35 bits per heavy atom. The zero-order chi connectivity index (χ0) is 13.9. The van der Waals surface area contributed by atoms with Gasteiger partial charge in [0.25, 0.3) is 5.91 Å². The van der Waals surface area contributed by atoms with Crippen LogP contribution < -0.4 is 4.74 Å². The molecule has 0 aromatic carbocycles. The lowest BCUT2D eigenvalue weighted by Gasteiger charge is -2.16. The largest absolute Gasteiger partial charge is 0.472 e. The number of hydrogen-bond donors (Lipinski definition) is 0. The van der Waals surface area contributed by atoms with Crippen LogP contribution in [-0.4, -0.2) is 35.0 Å². The average molecular weight is 272 g/mol. The summed E-state index contributed by atoms with van der Waals surface area (Å²) in [5.74, 6) is 0.606. The number of aryl methyl sites for hydroxylation is 1. The number of likely N-dealkylation sites (tertiary alicyclic amines) is 1. The van der Waals surface area contributed by atoms with E-state index in [9.17, 15) is 4.79 Å². The molecule has 0 bridgehead atoms. The van der Waals surface area contributed by atoms with E-state index >= 15 is 0 Å². The molecule has 0 aliphatic carbocycles. The molecule has 1 aliphatic rings. The van der Waals surface area contributed by atoms with Crippen LogP contribution in [0.2, 0.25) is 0 Å². The van der Waals surface area contributed by atoms with Gasteiger partial charge >= 0.3 is 0 Å². The van der Waals surface area contributed by atoms with Gasteiger partial charge in [0.05, 0.1) is 18.4 Å². The Labute approximate surface area is 117 Å². The fourth-order valence-corrected chi connectivity index (χ4v) is 2.33. The monoisotopic (exact) mass is 272 g/mol. The smallest absolute Gasteiger partial charge is 0.257 e. The molecule has 5 nitrogen and oxygen atoms in total. The Hall–Kier alpha value is -2.30. The van der Waals surface area contributed by atoms with E-state index in [4.69, 9.17) is 9.15 Å². The number of carbonyl (C=O) groups is 1. The van der Waals surface area contributed by atoms with Crippen molar-refractivity contribution in [2.24, 2.45) is 0 Å². The normalized spacial score (nSPS) is 18.2. The second kappa shape index (κ2) is 5.36. The summed E-state index contributed by atoms with van der Waals surface area (Å²) < 4.78 is 10.8. The Kier molecular flexibility index (Phi) is 3.41. The van der Waals surface area contributed by atoms with Crippen LogP contribution in [0.5, 0.6) is 5.88 Å². The van der Waals surface area contributed by atoms with E-state index < -0.39 is 0 Å². The lowest BCUT2D eigenvalue weighted by atomic mass is 10.3. The summed E-state index contributed by atoms with van der Waals surface area (Å²) in [6.45, 7) is 3.20. The molecule has 1 amide bonds. The van der Waals surface area contributed by atoms with Gasteiger partial charge in [-0.05, 0) is 19.1 Å². The summed E-state index contributed by atoms with van der Waals surface area (Å²) in [4.78, 5) is 18.3. The lowest BCUT2D eigenvalue weighted by molar-refractivity contribution is 0.0770. The molecule has 1 fully saturated rings. The molecule has 0 unspecified atom stereocenters. The molecule has 5 heteroatoms. The van der Waals surface area contributed by atoms with Crippen molar-refractivity contribution in [3.05, 3.63) is 48.0 Å². The number of pyridine rings is 1. The molecule has 0 saturated carbocycles. The van der Waals surface area contributed by atoms with Gasteiger partial charge in [0.2, 0.25) is 5.88 Å². The van der Waals surface area contributed by atoms with E-state index in [0.29, 0.717) is 24.5 Å². The fraction of sp³-hybridized carbons (Fsp3) is 0.333. The van der Waals surface area contributed by atoms with Crippen LogP contribution in [-0.2, 0) is 0 Å². The van der Waals surface area contributed by atoms with E-state index in [1.807, 2.05) is 25.1 Å². The van der Waals surface area contributed by atoms with Crippen LogP contribution in [0.25, 0.3) is 0 Å². The van der Waals surface area contributed by atoms with Gasteiger partial charge in [-0.25, -0.2) is 4.98 Å². The lowest BCUT2D eigenvalue weighted by Crippen LogP contribution is -2.30. The number of ether oxygens (including phenoxy) is 1. The Morgan fingerprint density at radius 3 is 3.10 bits per heavy atom. The van der Waals surface area contributed by atoms with Crippen molar-refractivity contribution in [2.75, 3.05) is 13.1 Å². The molecule has 3 heterocycles. The molecular formula is C15H16N2O3. The second-order valence-electron chi connectivity index (χ2n) is 4.91. The van der Waals surface area contributed by atoms with Gasteiger partial charge < -0.3 is 14.1 Å². The Balaban J connectivity index is 1.61. The highest BCUT2D eigenvalue weighted by molar-refractivity contribution is 5.94. The average Bonchev–Trinajstić information content (AvgIpc) is 3.09. The molecule has 3 rings (SSSR count). The predicted molar refractivity (Wildman–Crippen MR) is 72.6 cm³/mol. The highest BCUT2D eigenvalue weighted by Gasteiger charge is 2.28. The zero-order valence-electron chi connectivity index (χ0n) is 11.3. The molecule has 1 aliphatic heterocycles. The van der Waals surface area contributed by atoms with Crippen LogP contribution in [0.15, 0.2) is 41.2 Å². The van der Waals surface area contributed by atoms with Crippen molar-refractivity contribution >= 4 is 5.91 Å². The van der Waals surface area contributed by atoms with Gasteiger partial charge in [-0.2, -0.15) is 0 Å². The predicted octanol–water partition coefficient (Wildman–Crippen LogP) is 2.28. The zero-order valence-corrected chi connectivity index (χ0v) is 11.3. The Bertz CT molecular complexity index is 595. The highest BCUT2D eigenvalue weighted by atomic mass is 16.5. The third-order valence-electron chi connectivity index (χ3n) is 3.35. The number of hydrogen-bond acceptors (Lipinski definition) is 4. The maximum Gasteiger partial charge on any atom is 0.257 e. The maximum absolute atomic E-state index is 12.2. The topological polar surface area (TPSA) is 55.6 Å². The second-order valence-corrected chi connectivity index (χ2v) is 4.91. The van der Waals surface area contributed by atoms with Crippen LogP contribution >= 0.6 is 0 Å². The van der Waals surface area contributed by atoms with Crippen LogP contribution in [0.4, 0.5) is 0 Å². The van der Waals surface area contributed by atoms with Crippen molar-refractivity contribution in [3.8, 4) is 5.88 Å². The molecule has 104 valence electrons. The standard InChI is InChI=1S/C15H16N2O3/c1-11-3-2-4-14(16-11)20-13-5-7-17(9-13)15(18)12-6-8-19-10-12/h2-4,6,8,10,13H,5,7,9H2,1H3/t13-/m0/s1. The number of rotatable bonds is 3. The van der Waals surface area contributed by atoms with E-state index in [1.54, 1.807) is 11.0 Å². The first-order valence-electron chi connectivity index (χ1n) is 6.64. The minimum atomic E-state index is -0.0120. The van der Waals surface area contributed by atoms with Gasteiger partial charge in [-0.1, -0.05) is 6.07 Å². The van der Waals surface area contributed by atoms with Gasteiger partial charge in [0, 0.05) is 24.7 Å². The summed E-state index contributed by atoms with van der Waals surface area (Å²) in [5, 5.41) is 0. The van der Waals surface area contributed by atoms with E-state index in [-0.39, 0.29) is 12.0 Å². The van der Waals surface area contributed by atoms with Crippen molar-refractivity contribution in [1.29, 1.82) is 0 Å². The quantitative estimate of drug-likeness (QED) is 0.860. The van der Waals surface area contributed by atoms with Gasteiger partial charge in [0.1, 0.15) is 12.4 Å². The minimum absolute atomic E-state index is 0.000140. The SMILES string of the molecule is Cc1cccc(O[C@H]2CCN(C(=O)c3ccoc3)C2)n1. The number of aromatic nitrogens is 1. The molecule has 1 saturated heterocycles. The van der Waals surface area contributed by atoms with E-state index in [0.717, 1.165) is 12.1 Å². The van der Waals surface area contributed by atoms with Crippen LogP contribution in [0.3, 0.4) is 0 Å². The molecule has 2 aromatic rings. The molecule has 2 aromatic heterocycles. The summed E-state index contributed by atoms with van der Waals surface area (Å²) in [5.41, 5.74) is 1.51. The summed E-state index contributed by atoms with van der Waals surface area (Å²) in [7, 11) is 0. The molecule has 20 heavy (non-hydrogen) atoms. The van der Waals surface area contributed by atoms with E-state index in [2.05, 4.69) is 4.98 Å². The summed E-state index contributed by atoms with van der Waals surface area (Å²) in [6.07, 6.45) is 3.80. The number of carbonyl (C=O) groups excluding carboxylic acids is 1. The first-order valence-corrected chi connectivity index (χ1v) is 6.64. The summed E-state index contributed by atoms with van der Waals surface area (Å²) >= 11 is 0. The number of nitrogens with zero attached hydrogens (tertiary/aromatic N) is 2. The van der Waals surface area contributed by atoms with Crippen molar-refractivity contribution in [3.63, 3.8) is 0 Å². The maximum atomic E-state index is 12.2. The van der Waals surface area contributed by atoms with Gasteiger partial charge in [-0.3, -0.25) is 4.79 Å². The molecule has 0 spiro atoms. The van der Waals surface area contributed by atoms with Crippen LogP contribution in [0, 0.1) is 6.92 Å². The highest BCUT2D eigenvalue weighted by Crippen LogP contribution is 2.18. The minimum Gasteiger partial charge on any atom is -0.472 e. The van der Waals surface area contributed by atoms with Crippen molar-refractivity contribution < 1.29 is 13.9 Å². The number of furan rings is 1. The number of amides is 1. The van der Waals surface area contributed by atoms with Gasteiger partial charge in [0.15, 0.2) is 0 Å². The molecule has 1 atom stereocenters. The first-order chi connectivity index (χ1) is 9.72. The molecular weight excluding hydrogens is 256 g/mol. The van der Waals surface area contributed by atoms with E-state index in [1.165, 1.54) is 12.5 Å². The van der Waals surface area contributed by atoms with Crippen molar-refractivity contribution in [1.82, 2.24) is 9.88 Å². The Morgan fingerprint density at radius 1 is 1.45 bits per heavy atom. The van der Waals surface area contributed by atoms with Gasteiger partial charge in [-0.15, -0.1) is 0 Å². The third kappa shape index (κ3) is 2.66.